The number of benzene rings is 2. The first-order chi connectivity index (χ1) is 15.0. The number of fused-ring (bicyclic) bond motifs is 1. The molecular formula is C24H29Cl2N5. The zero-order valence-corrected chi connectivity index (χ0v) is 19.5. The molecule has 1 aromatic heterocycles. The van der Waals surface area contributed by atoms with E-state index in [4.69, 9.17) is 33.2 Å². The molecule has 31 heavy (non-hydrogen) atoms. The lowest BCUT2D eigenvalue weighted by Gasteiger charge is -2.29. The maximum Gasteiger partial charge on any atom is 0.225 e. The minimum Gasteiger partial charge on any atom is -0.362 e. The summed E-state index contributed by atoms with van der Waals surface area (Å²) in [6.45, 7) is 1.68. The molecule has 2 aromatic carbocycles. The van der Waals surface area contributed by atoms with E-state index in [2.05, 4.69) is 16.7 Å². The number of nitrogens with one attached hydrogen (secondary N) is 2. The van der Waals surface area contributed by atoms with E-state index < -0.39 is 0 Å². The van der Waals surface area contributed by atoms with E-state index in [-0.39, 0.29) is 0 Å². The Balaban J connectivity index is 1.30. The molecule has 0 amide bonds. The molecule has 0 aliphatic heterocycles. The molecule has 0 spiro atoms. The fraction of sp³-hybridized carbons (Fsp3) is 0.417. The van der Waals surface area contributed by atoms with Gasteiger partial charge in [-0.15, -0.1) is 0 Å². The summed E-state index contributed by atoms with van der Waals surface area (Å²) in [5.74, 6) is 2.33. The number of aromatic nitrogens is 2. The highest BCUT2D eigenvalue weighted by Gasteiger charge is 2.22. The van der Waals surface area contributed by atoms with Crippen molar-refractivity contribution in [2.24, 2.45) is 5.92 Å². The Hall–Kier alpha value is -2.08. The molecule has 1 fully saturated rings. The van der Waals surface area contributed by atoms with Gasteiger partial charge in [0.2, 0.25) is 5.95 Å². The van der Waals surface area contributed by atoms with Crippen molar-refractivity contribution in [3.8, 4) is 0 Å². The molecule has 0 radical (unpaired) electrons. The lowest BCUT2D eigenvalue weighted by atomic mass is 9.86. The fourth-order valence-electron chi connectivity index (χ4n) is 4.26. The van der Waals surface area contributed by atoms with Crippen LogP contribution in [-0.2, 0) is 6.54 Å². The van der Waals surface area contributed by atoms with Crippen molar-refractivity contribution >= 4 is 45.9 Å². The third-order valence-corrected chi connectivity index (χ3v) is 6.69. The maximum atomic E-state index is 6.27. The highest BCUT2D eigenvalue weighted by atomic mass is 35.5. The van der Waals surface area contributed by atoms with E-state index in [0.717, 1.165) is 57.7 Å². The predicted octanol–water partition coefficient (Wildman–Crippen LogP) is 5.76. The van der Waals surface area contributed by atoms with Gasteiger partial charge in [-0.1, -0.05) is 41.4 Å². The van der Waals surface area contributed by atoms with Crippen LogP contribution in [0.5, 0.6) is 0 Å². The van der Waals surface area contributed by atoms with Crippen molar-refractivity contribution < 1.29 is 0 Å². The van der Waals surface area contributed by atoms with Gasteiger partial charge in [0.15, 0.2) is 0 Å². The summed E-state index contributed by atoms with van der Waals surface area (Å²) in [4.78, 5) is 11.6. The van der Waals surface area contributed by atoms with Crippen LogP contribution in [0.4, 0.5) is 11.8 Å². The van der Waals surface area contributed by atoms with Crippen LogP contribution in [0.2, 0.25) is 10.0 Å². The largest absolute Gasteiger partial charge is 0.362 e. The van der Waals surface area contributed by atoms with Crippen molar-refractivity contribution in [3.63, 3.8) is 0 Å². The molecule has 7 heteroatoms. The number of para-hydroxylation sites is 1. The summed E-state index contributed by atoms with van der Waals surface area (Å²) in [5.41, 5.74) is 1.95. The molecular weight excluding hydrogens is 429 g/mol. The van der Waals surface area contributed by atoms with E-state index in [0.29, 0.717) is 18.5 Å². The van der Waals surface area contributed by atoms with Crippen molar-refractivity contribution in [2.45, 2.75) is 38.3 Å². The second-order valence-electron chi connectivity index (χ2n) is 8.48. The van der Waals surface area contributed by atoms with Gasteiger partial charge in [-0.2, -0.15) is 4.98 Å². The van der Waals surface area contributed by atoms with Crippen LogP contribution in [0.15, 0.2) is 42.5 Å². The smallest absolute Gasteiger partial charge is 0.225 e. The molecule has 0 atom stereocenters. The fourth-order valence-corrected chi connectivity index (χ4v) is 4.79. The Morgan fingerprint density at radius 2 is 1.65 bits per heavy atom. The van der Waals surface area contributed by atoms with Crippen molar-refractivity contribution in [1.29, 1.82) is 0 Å². The highest BCUT2D eigenvalue weighted by Crippen LogP contribution is 2.29. The summed E-state index contributed by atoms with van der Waals surface area (Å²) in [7, 11) is 4.04. The molecule has 1 aliphatic carbocycles. The van der Waals surface area contributed by atoms with Gasteiger partial charge in [0, 0.05) is 47.7 Å². The van der Waals surface area contributed by atoms with Gasteiger partial charge in [0.1, 0.15) is 5.82 Å². The number of nitrogens with zero attached hydrogens (tertiary/aromatic N) is 3. The van der Waals surface area contributed by atoms with Crippen LogP contribution in [-0.4, -0.2) is 36.6 Å². The third kappa shape index (κ3) is 5.40. The lowest BCUT2D eigenvalue weighted by Crippen LogP contribution is -2.31. The van der Waals surface area contributed by atoms with E-state index in [1.54, 1.807) is 0 Å². The molecule has 164 valence electrons. The van der Waals surface area contributed by atoms with Gasteiger partial charge in [0.05, 0.1) is 5.52 Å². The Morgan fingerprint density at radius 1 is 0.935 bits per heavy atom. The van der Waals surface area contributed by atoms with Crippen LogP contribution < -0.4 is 15.5 Å². The minimum atomic E-state index is 0.408. The van der Waals surface area contributed by atoms with Crippen LogP contribution in [0.25, 0.3) is 10.9 Å². The molecule has 1 aliphatic rings. The Morgan fingerprint density at radius 3 is 2.35 bits per heavy atom. The van der Waals surface area contributed by atoms with Crippen molar-refractivity contribution in [3.05, 3.63) is 58.1 Å². The monoisotopic (exact) mass is 457 g/mol. The predicted molar refractivity (Wildman–Crippen MR) is 131 cm³/mol. The number of hydrogen-bond acceptors (Lipinski definition) is 5. The molecule has 4 rings (SSSR count). The highest BCUT2D eigenvalue weighted by molar-refractivity contribution is 6.35. The number of hydrogen-bond donors (Lipinski definition) is 2. The van der Waals surface area contributed by atoms with Crippen LogP contribution in [0.1, 0.15) is 31.2 Å². The zero-order chi connectivity index (χ0) is 21.8. The Kier molecular flexibility index (Phi) is 7.16. The lowest BCUT2D eigenvalue weighted by molar-refractivity contribution is 0.324. The molecule has 1 heterocycles. The quantitative estimate of drug-likeness (QED) is 0.471. The number of halogens is 2. The normalized spacial score (nSPS) is 18.8. The van der Waals surface area contributed by atoms with Gasteiger partial charge in [-0.25, -0.2) is 4.98 Å². The summed E-state index contributed by atoms with van der Waals surface area (Å²) in [6.07, 6.45) is 4.59. The molecule has 3 aromatic rings. The minimum absolute atomic E-state index is 0.408. The summed E-state index contributed by atoms with van der Waals surface area (Å²) < 4.78 is 0. The topological polar surface area (TPSA) is 53.1 Å². The SMILES string of the molecule is CN(C)c1nc(NC2CCC(CNCc3c(Cl)cccc3Cl)CC2)nc2ccccc12. The second kappa shape index (κ2) is 10.0. The first-order valence-corrected chi connectivity index (χ1v) is 11.6. The standard InChI is InChI=1S/C24H29Cl2N5/c1-31(2)23-18-6-3-4-9-22(18)29-24(30-23)28-17-12-10-16(11-13-17)14-27-15-19-20(25)7-5-8-21(19)26/h3-9,16-17,27H,10-15H2,1-2H3,(H,28,29,30). The van der Waals surface area contributed by atoms with E-state index in [1.807, 2.05) is 55.4 Å². The molecule has 5 nitrogen and oxygen atoms in total. The maximum absolute atomic E-state index is 6.27. The molecule has 0 bridgehead atoms. The summed E-state index contributed by atoms with van der Waals surface area (Å²) in [6, 6.07) is 14.2. The first-order valence-electron chi connectivity index (χ1n) is 10.9. The molecule has 0 saturated heterocycles. The van der Waals surface area contributed by atoms with E-state index in [1.165, 1.54) is 12.8 Å². The average Bonchev–Trinajstić information content (AvgIpc) is 2.76. The van der Waals surface area contributed by atoms with E-state index in [9.17, 15) is 0 Å². The second-order valence-corrected chi connectivity index (χ2v) is 9.29. The van der Waals surface area contributed by atoms with Crippen molar-refractivity contribution in [2.75, 3.05) is 30.9 Å². The van der Waals surface area contributed by atoms with Gasteiger partial charge < -0.3 is 15.5 Å². The number of anilines is 2. The van der Waals surface area contributed by atoms with Gasteiger partial charge in [-0.05, 0) is 62.4 Å². The van der Waals surface area contributed by atoms with Gasteiger partial charge in [0.25, 0.3) is 0 Å². The van der Waals surface area contributed by atoms with Crippen LogP contribution >= 0.6 is 23.2 Å². The molecule has 0 unspecified atom stereocenters. The van der Waals surface area contributed by atoms with Crippen LogP contribution in [0.3, 0.4) is 0 Å². The number of rotatable bonds is 7. The van der Waals surface area contributed by atoms with Gasteiger partial charge in [-0.3, -0.25) is 0 Å². The summed E-state index contributed by atoms with van der Waals surface area (Å²) in [5, 5.41) is 9.64. The average molecular weight is 458 g/mol. The molecule has 2 N–H and O–H groups in total. The third-order valence-electron chi connectivity index (χ3n) is 5.98. The van der Waals surface area contributed by atoms with Crippen LogP contribution in [0, 0.1) is 5.92 Å². The molecule has 1 saturated carbocycles. The van der Waals surface area contributed by atoms with Gasteiger partial charge >= 0.3 is 0 Å². The Labute approximate surface area is 194 Å². The Bertz CT molecular complexity index is 1010. The van der Waals surface area contributed by atoms with Crippen molar-refractivity contribution in [1.82, 2.24) is 15.3 Å². The van der Waals surface area contributed by atoms with E-state index >= 15 is 0 Å². The zero-order valence-electron chi connectivity index (χ0n) is 18.0. The summed E-state index contributed by atoms with van der Waals surface area (Å²) >= 11 is 12.5. The first kappa shape index (κ1) is 22.1.